The maximum Gasteiger partial charge on any atom is 0.310 e. The van der Waals surface area contributed by atoms with Gasteiger partial charge in [0.05, 0.1) is 5.92 Å². The number of hydrogen-bond acceptors (Lipinski definition) is 2. The van der Waals surface area contributed by atoms with Crippen LogP contribution in [0.1, 0.15) is 24.0 Å². The lowest BCUT2D eigenvalue weighted by Gasteiger charge is -2.11. The van der Waals surface area contributed by atoms with Gasteiger partial charge < -0.3 is 10.8 Å². The second-order valence-corrected chi connectivity index (χ2v) is 3.12. The molecule has 0 aromatic heterocycles. The van der Waals surface area contributed by atoms with Crippen molar-refractivity contribution in [3.8, 4) is 0 Å². The third kappa shape index (κ3) is 1.80. The molecule has 13 heavy (non-hydrogen) atoms. The van der Waals surface area contributed by atoms with Crippen molar-refractivity contribution < 1.29 is 9.90 Å². The number of hydrogen-bond donors (Lipinski definition) is 2. The molecular formula is C10H13NO2. The summed E-state index contributed by atoms with van der Waals surface area (Å²) in [7, 11) is 0. The third-order valence-electron chi connectivity index (χ3n) is 2.25. The Morgan fingerprint density at radius 2 is 2.15 bits per heavy atom. The Kier molecular flexibility index (Phi) is 2.56. The van der Waals surface area contributed by atoms with Gasteiger partial charge in [0, 0.05) is 5.69 Å². The molecule has 0 aliphatic carbocycles. The molecule has 0 fully saturated rings. The van der Waals surface area contributed by atoms with Crippen LogP contribution in [0.4, 0.5) is 5.69 Å². The number of carboxylic acid groups (broad SMARTS) is 1. The fraction of sp³-hybridized carbons (Fsp3) is 0.300. The molecule has 0 saturated carbocycles. The average molecular weight is 179 g/mol. The number of aliphatic carboxylic acids is 1. The highest BCUT2D eigenvalue weighted by Gasteiger charge is 2.16. The highest BCUT2D eigenvalue weighted by atomic mass is 16.4. The normalized spacial score (nSPS) is 12.5. The molecule has 0 aliphatic rings. The average Bonchev–Trinajstić information content (AvgIpc) is 2.08. The molecule has 1 atom stereocenters. The first-order valence-corrected chi connectivity index (χ1v) is 4.12. The lowest BCUT2D eigenvalue weighted by atomic mass is 9.96. The van der Waals surface area contributed by atoms with Crippen LogP contribution in [0.15, 0.2) is 18.2 Å². The molecule has 0 radical (unpaired) electrons. The molecule has 1 rings (SSSR count). The van der Waals surface area contributed by atoms with Crippen molar-refractivity contribution in [2.24, 2.45) is 0 Å². The SMILES string of the molecule is Cc1c(N)cccc1[C@H](C)C(=O)O. The van der Waals surface area contributed by atoms with E-state index in [1.165, 1.54) is 0 Å². The quantitative estimate of drug-likeness (QED) is 0.680. The van der Waals surface area contributed by atoms with Crippen LogP contribution in [-0.2, 0) is 4.79 Å². The Hall–Kier alpha value is -1.51. The van der Waals surface area contributed by atoms with Crippen molar-refractivity contribution in [2.75, 3.05) is 5.73 Å². The minimum absolute atomic E-state index is 0.497. The largest absolute Gasteiger partial charge is 0.481 e. The maximum atomic E-state index is 10.7. The Morgan fingerprint density at radius 3 is 2.69 bits per heavy atom. The standard InChI is InChI=1S/C10H13NO2/c1-6-8(7(2)10(12)13)4-3-5-9(6)11/h3-5,7H,11H2,1-2H3,(H,12,13)/t7-/m0/s1. The van der Waals surface area contributed by atoms with Crippen LogP contribution in [-0.4, -0.2) is 11.1 Å². The second kappa shape index (κ2) is 3.47. The van der Waals surface area contributed by atoms with Gasteiger partial charge in [-0.15, -0.1) is 0 Å². The Balaban J connectivity index is 3.15. The van der Waals surface area contributed by atoms with Crippen LogP contribution in [0.3, 0.4) is 0 Å². The van der Waals surface area contributed by atoms with E-state index in [2.05, 4.69) is 0 Å². The first kappa shape index (κ1) is 9.58. The van der Waals surface area contributed by atoms with Gasteiger partial charge in [0.1, 0.15) is 0 Å². The van der Waals surface area contributed by atoms with Crippen molar-refractivity contribution in [3.63, 3.8) is 0 Å². The van der Waals surface area contributed by atoms with Crippen molar-refractivity contribution >= 4 is 11.7 Å². The number of rotatable bonds is 2. The van der Waals surface area contributed by atoms with E-state index in [0.29, 0.717) is 5.69 Å². The summed E-state index contributed by atoms with van der Waals surface area (Å²) in [5, 5.41) is 8.81. The third-order valence-corrected chi connectivity index (χ3v) is 2.25. The van der Waals surface area contributed by atoms with Crippen LogP contribution in [0, 0.1) is 6.92 Å². The van der Waals surface area contributed by atoms with E-state index in [1.807, 2.05) is 6.92 Å². The molecule has 1 aromatic rings. The van der Waals surface area contributed by atoms with Crippen LogP contribution in [0.25, 0.3) is 0 Å². The van der Waals surface area contributed by atoms with E-state index in [1.54, 1.807) is 25.1 Å². The highest BCUT2D eigenvalue weighted by Crippen LogP contribution is 2.23. The van der Waals surface area contributed by atoms with E-state index in [4.69, 9.17) is 10.8 Å². The molecule has 1 aromatic carbocycles. The molecule has 3 heteroatoms. The Labute approximate surface area is 77.2 Å². The van der Waals surface area contributed by atoms with Crippen LogP contribution < -0.4 is 5.73 Å². The maximum absolute atomic E-state index is 10.7. The highest BCUT2D eigenvalue weighted by molar-refractivity contribution is 5.77. The number of carbonyl (C=O) groups is 1. The summed E-state index contributed by atoms with van der Waals surface area (Å²) < 4.78 is 0. The van der Waals surface area contributed by atoms with Gasteiger partial charge in [-0.05, 0) is 31.0 Å². The van der Waals surface area contributed by atoms with Crippen molar-refractivity contribution in [1.29, 1.82) is 0 Å². The molecule has 70 valence electrons. The van der Waals surface area contributed by atoms with Crippen molar-refractivity contribution in [3.05, 3.63) is 29.3 Å². The van der Waals surface area contributed by atoms with Crippen molar-refractivity contribution in [1.82, 2.24) is 0 Å². The van der Waals surface area contributed by atoms with E-state index in [9.17, 15) is 4.79 Å². The van der Waals surface area contributed by atoms with Gasteiger partial charge in [-0.2, -0.15) is 0 Å². The first-order valence-electron chi connectivity index (χ1n) is 4.12. The summed E-state index contributed by atoms with van der Waals surface area (Å²) in [5.74, 6) is -1.32. The molecule has 3 nitrogen and oxygen atoms in total. The van der Waals surface area contributed by atoms with Gasteiger partial charge >= 0.3 is 5.97 Å². The van der Waals surface area contributed by atoms with Crippen LogP contribution >= 0.6 is 0 Å². The molecule has 0 unspecified atom stereocenters. The van der Waals surface area contributed by atoms with Gasteiger partial charge in [-0.3, -0.25) is 4.79 Å². The summed E-state index contributed by atoms with van der Waals surface area (Å²) in [6, 6.07) is 5.34. The second-order valence-electron chi connectivity index (χ2n) is 3.12. The van der Waals surface area contributed by atoms with Gasteiger partial charge in [-0.25, -0.2) is 0 Å². The first-order chi connectivity index (χ1) is 6.04. The zero-order valence-corrected chi connectivity index (χ0v) is 7.74. The molecule has 0 saturated heterocycles. The zero-order chi connectivity index (χ0) is 10.0. The van der Waals surface area contributed by atoms with Gasteiger partial charge in [0.15, 0.2) is 0 Å². The summed E-state index contributed by atoms with van der Waals surface area (Å²) in [4.78, 5) is 10.7. The summed E-state index contributed by atoms with van der Waals surface area (Å²) >= 11 is 0. The van der Waals surface area contributed by atoms with Gasteiger partial charge in [0.25, 0.3) is 0 Å². The molecule has 3 N–H and O–H groups in total. The predicted molar refractivity (Wildman–Crippen MR) is 51.6 cm³/mol. The minimum Gasteiger partial charge on any atom is -0.481 e. The summed E-state index contributed by atoms with van der Waals surface area (Å²) in [5.41, 5.74) is 7.95. The lowest BCUT2D eigenvalue weighted by Crippen LogP contribution is -2.09. The molecule has 0 heterocycles. The smallest absolute Gasteiger partial charge is 0.310 e. The van der Waals surface area contributed by atoms with E-state index in [0.717, 1.165) is 11.1 Å². The molecule has 0 bridgehead atoms. The Morgan fingerprint density at radius 1 is 1.54 bits per heavy atom. The predicted octanol–water partition coefficient (Wildman–Crippen LogP) is 1.77. The monoisotopic (exact) mass is 179 g/mol. The number of carboxylic acids is 1. The fourth-order valence-corrected chi connectivity index (χ4v) is 1.27. The molecule has 0 amide bonds. The minimum atomic E-state index is -0.825. The zero-order valence-electron chi connectivity index (χ0n) is 7.74. The van der Waals surface area contributed by atoms with Crippen LogP contribution in [0.2, 0.25) is 0 Å². The number of benzene rings is 1. The topological polar surface area (TPSA) is 63.3 Å². The molecular weight excluding hydrogens is 166 g/mol. The lowest BCUT2D eigenvalue weighted by molar-refractivity contribution is -0.138. The van der Waals surface area contributed by atoms with Crippen molar-refractivity contribution in [2.45, 2.75) is 19.8 Å². The summed E-state index contributed by atoms with van der Waals surface area (Å²) in [6.07, 6.45) is 0. The molecule has 0 aliphatic heterocycles. The van der Waals surface area contributed by atoms with E-state index < -0.39 is 11.9 Å². The fourth-order valence-electron chi connectivity index (χ4n) is 1.27. The van der Waals surface area contributed by atoms with Gasteiger partial charge in [-0.1, -0.05) is 12.1 Å². The number of anilines is 1. The van der Waals surface area contributed by atoms with E-state index >= 15 is 0 Å². The van der Waals surface area contributed by atoms with Gasteiger partial charge in [0.2, 0.25) is 0 Å². The van der Waals surface area contributed by atoms with Crippen LogP contribution in [0.5, 0.6) is 0 Å². The number of nitrogen functional groups attached to an aromatic ring is 1. The Bertz CT molecular complexity index is 334. The molecule has 0 spiro atoms. The van der Waals surface area contributed by atoms with E-state index in [-0.39, 0.29) is 0 Å². The number of nitrogens with two attached hydrogens (primary N) is 1. The summed E-state index contributed by atoms with van der Waals surface area (Å²) in [6.45, 7) is 3.49.